The van der Waals surface area contributed by atoms with Gasteiger partial charge in [0.05, 0.1) is 26.9 Å². The summed E-state index contributed by atoms with van der Waals surface area (Å²) in [7, 11) is 4.89. The van der Waals surface area contributed by atoms with Crippen LogP contribution in [0.15, 0.2) is 36.5 Å². The van der Waals surface area contributed by atoms with E-state index in [4.69, 9.17) is 18.9 Å². The maximum absolute atomic E-state index is 12.9. The zero-order valence-corrected chi connectivity index (χ0v) is 19.8. The van der Waals surface area contributed by atoms with E-state index in [1.807, 2.05) is 30.0 Å². The molecule has 4 rings (SSSR count). The van der Waals surface area contributed by atoms with Crippen LogP contribution in [0.25, 0.3) is 10.9 Å². The lowest BCUT2D eigenvalue weighted by atomic mass is 9.88. The van der Waals surface area contributed by atoms with Crippen molar-refractivity contribution in [1.82, 2.24) is 9.88 Å². The van der Waals surface area contributed by atoms with E-state index in [2.05, 4.69) is 23.3 Å². The van der Waals surface area contributed by atoms with Gasteiger partial charge in [-0.1, -0.05) is 0 Å². The normalized spacial score (nSPS) is 15.4. The SMILES string of the molecule is CCOc1cc2c(cc1OC)CCN(C(=O)COC)C2CCc1c[nH]c2ccc(OC)cc12. The van der Waals surface area contributed by atoms with E-state index < -0.39 is 0 Å². The van der Waals surface area contributed by atoms with Crippen LogP contribution in [0.3, 0.4) is 0 Å². The summed E-state index contributed by atoms with van der Waals surface area (Å²) < 4.78 is 22.0. The smallest absolute Gasteiger partial charge is 0.249 e. The maximum Gasteiger partial charge on any atom is 0.249 e. The Labute approximate surface area is 194 Å². The van der Waals surface area contributed by atoms with Gasteiger partial charge in [0.15, 0.2) is 11.5 Å². The zero-order chi connectivity index (χ0) is 23.4. The number of aromatic nitrogens is 1. The number of carbonyl (C=O) groups is 1. The van der Waals surface area contributed by atoms with Gasteiger partial charge in [-0.3, -0.25) is 4.79 Å². The van der Waals surface area contributed by atoms with Gasteiger partial charge in [-0.25, -0.2) is 0 Å². The first kappa shape index (κ1) is 23.0. The number of nitrogens with one attached hydrogen (secondary N) is 1. The minimum Gasteiger partial charge on any atom is -0.497 e. The van der Waals surface area contributed by atoms with Crippen LogP contribution >= 0.6 is 0 Å². The molecular formula is C26H32N2O5. The first-order chi connectivity index (χ1) is 16.1. The molecule has 0 aliphatic carbocycles. The summed E-state index contributed by atoms with van der Waals surface area (Å²) in [6, 6.07) is 10.1. The minimum absolute atomic E-state index is 0.00234. The third kappa shape index (κ3) is 4.64. The summed E-state index contributed by atoms with van der Waals surface area (Å²) in [5, 5.41) is 1.14. The summed E-state index contributed by atoms with van der Waals surface area (Å²) in [4.78, 5) is 18.2. The Morgan fingerprint density at radius 1 is 1.12 bits per heavy atom. The van der Waals surface area contributed by atoms with E-state index in [1.165, 1.54) is 11.1 Å². The molecule has 176 valence electrons. The Morgan fingerprint density at radius 3 is 2.70 bits per heavy atom. The van der Waals surface area contributed by atoms with Crippen molar-refractivity contribution in [3.8, 4) is 17.2 Å². The highest BCUT2D eigenvalue weighted by atomic mass is 16.5. The van der Waals surface area contributed by atoms with Gasteiger partial charge in [0.1, 0.15) is 12.4 Å². The molecule has 0 fully saturated rings. The predicted molar refractivity (Wildman–Crippen MR) is 127 cm³/mol. The van der Waals surface area contributed by atoms with Gasteiger partial charge < -0.3 is 28.8 Å². The van der Waals surface area contributed by atoms with Crippen LogP contribution in [0.2, 0.25) is 0 Å². The molecule has 1 unspecified atom stereocenters. The molecule has 2 heterocycles. The van der Waals surface area contributed by atoms with Crippen molar-refractivity contribution in [2.45, 2.75) is 32.2 Å². The zero-order valence-electron chi connectivity index (χ0n) is 19.8. The Hall–Kier alpha value is -3.19. The van der Waals surface area contributed by atoms with Gasteiger partial charge in [0.25, 0.3) is 0 Å². The number of aryl methyl sites for hydroxylation is 1. The third-order valence-electron chi connectivity index (χ3n) is 6.33. The Bertz CT molecular complexity index is 1120. The lowest BCUT2D eigenvalue weighted by Gasteiger charge is -2.38. The Kier molecular flexibility index (Phi) is 7.08. The second-order valence-electron chi connectivity index (χ2n) is 8.18. The minimum atomic E-state index is -0.0722. The molecule has 3 aromatic rings. The summed E-state index contributed by atoms with van der Waals surface area (Å²) in [5.41, 5.74) is 4.59. The molecule has 33 heavy (non-hydrogen) atoms. The van der Waals surface area contributed by atoms with E-state index in [1.54, 1.807) is 21.3 Å². The molecule has 0 bridgehead atoms. The fourth-order valence-corrected chi connectivity index (χ4v) is 4.74. The molecule has 0 saturated carbocycles. The van der Waals surface area contributed by atoms with E-state index >= 15 is 0 Å². The van der Waals surface area contributed by atoms with Crippen molar-refractivity contribution >= 4 is 16.8 Å². The molecule has 1 aliphatic rings. The highest BCUT2D eigenvalue weighted by molar-refractivity contribution is 5.84. The van der Waals surface area contributed by atoms with Crippen molar-refractivity contribution in [1.29, 1.82) is 0 Å². The van der Waals surface area contributed by atoms with E-state index in [9.17, 15) is 4.79 Å². The summed E-state index contributed by atoms with van der Waals surface area (Å²) in [6.45, 7) is 3.22. The number of rotatable bonds is 9. The molecule has 0 saturated heterocycles. The van der Waals surface area contributed by atoms with Gasteiger partial charge in [0, 0.05) is 30.8 Å². The summed E-state index contributed by atoms with van der Waals surface area (Å²) in [6.07, 6.45) is 4.41. The number of H-pyrrole nitrogens is 1. The Morgan fingerprint density at radius 2 is 1.97 bits per heavy atom. The number of nitrogens with zero attached hydrogens (tertiary/aromatic N) is 1. The average Bonchev–Trinajstić information content (AvgIpc) is 3.24. The van der Waals surface area contributed by atoms with Crippen LogP contribution in [0.4, 0.5) is 0 Å². The topological polar surface area (TPSA) is 73.0 Å². The second kappa shape index (κ2) is 10.2. The van der Waals surface area contributed by atoms with Crippen molar-refractivity contribution in [2.75, 3.05) is 41.1 Å². The second-order valence-corrected chi connectivity index (χ2v) is 8.18. The van der Waals surface area contributed by atoms with E-state index in [-0.39, 0.29) is 18.6 Å². The molecule has 2 aromatic carbocycles. The molecule has 0 radical (unpaired) electrons. The number of methoxy groups -OCH3 is 3. The molecule has 1 aromatic heterocycles. The lowest BCUT2D eigenvalue weighted by molar-refractivity contribution is -0.138. The quantitative estimate of drug-likeness (QED) is 0.524. The molecule has 7 nitrogen and oxygen atoms in total. The van der Waals surface area contributed by atoms with E-state index in [0.29, 0.717) is 18.9 Å². The molecular weight excluding hydrogens is 420 g/mol. The number of hydrogen-bond donors (Lipinski definition) is 1. The van der Waals surface area contributed by atoms with Gasteiger partial charge in [-0.05, 0) is 73.2 Å². The molecule has 0 spiro atoms. The van der Waals surface area contributed by atoms with Gasteiger partial charge in [-0.15, -0.1) is 0 Å². The molecule has 1 N–H and O–H groups in total. The van der Waals surface area contributed by atoms with Crippen LogP contribution in [-0.2, 0) is 22.4 Å². The molecule has 1 aliphatic heterocycles. The van der Waals surface area contributed by atoms with Crippen LogP contribution in [0, 0.1) is 0 Å². The molecule has 1 atom stereocenters. The lowest BCUT2D eigenvalue weighted by Crippen LogP contribution is -2.42. The number of fused-ring (bicyclic) bond motifs is 2. The number of amides is 1. The van der Waals surface area contributed by atoms with Gasteiger partial charge in [-0.2, -0.15) is 0 Å². The monoisotopic (exact) mass is 452 g/mol. The van der Waals surface area contributed by atoms with Crippen LogP contribution < -0.4 is 14.2 Å². The average molecular weight is 453 g/mol. The number of carbonyl (C=O) groups excluding carboxylic acids is 1. The fraction of sp³-hybridized carbons (Fsp3) is 0.423. The van der Waals surface area contributed by atoms with Crippen LogP contribution in [0.1, 0.15) is 36.1 Å². The Balaban J connectivity index is 1.68. The van der Waals surface area contributed by atoms with Crippen molar-refractivity contribution in [3.05, 3.63) is 53.2 Å². The third-order valence-corrected chi connectivity index (χ3v) is 6.33. The summed E-state index contributed by atoms with van der Waals surface area (Å²) in [5.74, 6) is 2.27. The van der Waals surface area contributed by atoms with Crippen LogP contribution in [-0.4, -0.2) is 56.9 Å². The van der Waals surface area contributed by atoms with E-state index in [0.717, 1.165) is 47.2 Å². The molecule has 7 heteroatoms. The number of aromatic amines is 1. The fourth-order valence-electron chi connectivity index (χ4n) is 4.74. The van der Waals surface area contributed by atoms with Gasteiger partial charge >= 0.3 is 0 Å². The first-order valence-corrected chi connectivity index (χ1v) is 11.4. The predicted octanol–water partition coefficient (Wildman–Crippen LogP) is 4.29. The van der Waals surface area contributed by atoms with Crippen molar-refractivity contribution in [3.63, 3.8) is 0 Å². The van der Waals surface area contributed by atoms with Crippen molar-refractivity contribution < 1.29 is 23.7 Å². The highest BCUT2D eigenvalue weighted by Gasteiger charge is 2.32. The molecule has 1 amide bonds. The highest BCUT2D eigenvalue weighted by Crippen LogP contribution is 2.40. The number of benzene rings is 2. The number of hydrogen-bond acceptors (Lipinski definition) is 5. The van der Waals surface area contributed by atoms with Crippen LogP contribution in [0.5, 0.6) is 17.2 Å². The maximum atomic E-state index is 12.9. The summed E-state index contributed by atoms with van der Waals surface area (Å²) >= 11 is 0. The van der Waals surface area contributed by atoms with Crippen molar-refractivity contribution in [2.24, 2.45) is 0 Å². The standard InChI is InChI=1S/C26H32N2O5/c1-5-33-25-14-21-17(12-24(25)32-4)10-11-28(26(29)16-30-2)23(21)9-6-18-15-27-22-8-7-19(31-3)13-20(18)22/h7-8,12-15,23,27H,5-6,9-11,16H2,1-4H3. The first-order valence-electron chi connectivity index (χ1n) is 11.4. The van der Waals surface area contributed by atoms with Gasteiger partial charge in [0.2, 0.25) is 5.91 Å². The largest absolute Gasteiger partial charge is 0.497 e. The number of ether oxygens (including phenoxy) is 4.